The molecule has 0 saturated heterocycles. The van der Waals surface area contributed by atoms with Gasteiger partial charge in [0.15, 0.2) is 5.13 Å². The van der Waals surface area contributed by atoms with Crippen LogP contribution in [-0.2, 0) is 0 Å². The monoisotopic (exact) mass is 298 g/mol. The number of para-hydroxylation sites is 1. The molecule has 108 valence electrons. The number of nitrogens with one attached hydrogen (secondary N) is 1. The summed E-state index contributed by atoms with van der Waals surface area (Å²) in [7, 11) is 0. The van der Waals surface area contributed by atoms with Gasteiger partial charge in [-0.1, -0.05) is 36.5 Å². The molecule has 0 fully saturated rings. The van der Waals surface area contributed by atoms with E-state index in [2.05, 4.69) is 36.3 Å². The Labute approximate surface area is 128 Å². The second kappa shape index (κ2) is 6.14. The van der Waals surface area contributed by atoms with Crippen molar-refractivity contribution < 1.29 is 4.74 Å². The highest BCUT2D eigenvalue weighted by molar-refractivity contribution is 7.22. The van der Waals surface area contributed by atoms with Gasteiger partial charge in [-0.05, 0) is 43.2 Å². The molecule has 2 aromatic carbocycles. The topological polar surface area (TPSA) is 34.1 Å². The van der Waals surface area contributed by atoms with E-state index in [1.165, 1.54) is 0 Å². The van der Waals surface area contributed by atoms with Gasteiger partial charge < -0.3 is 10.1 Å². The van der Waals surface area contributed by atoms with Gasteiger partial charge in [-0.2, -0.15) is 0 Å². The molecule has 21 heavy (non-hydrogen) atoms. The molecule has 0 amide bonds. The Balaban J connectivity index is 1.90. The third-order valence-corrected chi connectivity index (χ3v) is 4.07. The van der Waals surface area contributed by atoms with E-state index in [0.29, 0.717) is 0 Å². The fraction of sp³-hybridized carbons (Fsp3) is 0.235. The molecule has 3 nitrogen and oxygen atoms in total. The summed E-state index contributed by atoms with van der Waals surface area (Å²) in [5.41, 5.74) is 3.25. The molecule has 0 radical (unpaired) electrons. The molecule has 3 rings (SSSR count). The van der Waals surface area contributed by atoms with Gasteiger partial charge in [0, 0.05) is 5.69 Å². The summed E-state index contributed by atoms with van der Waals surface area (Å²) >= 11 is 1.65. The van der Waals surface area contributed by atoms with Crippen molar-refractivity contribution in [1.82, 2.24) is 4.98 Å². The number of anilines is 2. The first-order chi connectivity index (χ1) is 10.3. The van der Waals surface area contributed by atoms with Crippen LogP contribution in [0.5, 0.6) is 5.75 Å². The normalized spacial score (nSPS) is 10.8. The number of hydrogen-bond donors (Lipinski definition) is 1. The summed E-state index contributed by atoms with van der Waals surface area (Å²) in [6, 6.07) is 14.2. The van der Waals surface area contributed by atoms with Crippen LogP contribution in [0.3, 0.4) is 0 Å². The zero-order chi connectivity index (χ0) is 14.7. The minimum Gasteiger partial charge on any atom is -0.494 e. The van der Waals surface area contributed by atoms with E-state index >= 15 is 0 Å². The van der Waals surface area contributed by atoms with Gasteiger partial charge in [0.25, 0.3) is 0 Å². The molecule has 4 heteroatoms. The maximum Gasteiger partial charge on any atom is 0.188 e. The number of benzene rings is 2. The quantitative estimate of drug-likeness (QED) is 0.708. The average molecular weight is 298 g/mol. The Kier molecular flexibility index (Phi) is 4.06. The van der Waals surface area contributed by atoms with Gasteiger partial charge in [0.2, 0.25) is 0 Å². The minimum atomic E-state index is 0.749. The zero-order valence-electron chi connectivity index (χ0n) is 12.2. The lowest BCUT2D eigenvalue weighted by Crippen LogP contribution is -1.95. The van der Waals surface area contributed by atoms with Crippen molar-refractivity contribution in [3.63, 3.8) is 0 Å². The second-order valence-corrected chi connectivity index (χ2v) is 5.98. The standard InChI is InChI=1S/C17H18N2OS/c1-3-9-20-14-10-12(2)16-15(11-14)21-17(19-16)18-13-7-5-4-6-8-13/h4-8,10-11H,3,9H2,1-2H3,(H,18,19). The zero-order valence-corrected chi connectivity index (χ0v) is 13.0. The summed E-state index contributed by atoms with van der Waals surface area (Å²) in [4.78, 5) is 4.68. The molecule has 0 bridgehead atoms. The van der Waals surface area contributed by atoms with Gasteiger partial charge in [0.1, 0.15) is 5.75 Å². The van der Waals surface area contributed by atoms with Crippen molar-refractivity contribution in [3.05, 3.63) is 48.0 Å². The lowest BCUT2D eigenvalue weighted by molar-refractivity contribution is 0.318. The molecule has 0 aliphatic heterocycles. The smallest absolute Gasteiger partial charge is 0.188 e. The van der Waals surface area contributed by atoms with Gasteiger partial charge in [0.05, 0.1) is 16.8 Å². The molecule has 1 N–H and O–H groups in total. The Bertz CT molecular complexity index is 737. The number of thiazole rings is 1. The number of hydrogen-bond acceptors (Lipinski definition) is 4. The van der Waals surface area contributed by atoms with Crippen LogP contribution in [0.4, 0.5) is 10.8 Å². The molecule has 0 aliphatic rings. The third-order valence-electron chi connectivity index (χ3n) is 3.16. The number of nitrogens with zero attached hydrogens (tertiary/aromatic N) is 1. The van der Waals surface area contributed by atoms with Gasteiger partial charge in [-0.25, -0.2) is 4.98 Å². The summed E-state index contributed by atoms with van der Waals surface area (Å²) in [5.74, 6) is 0.928. The first-order valence-electron chi connectivity index (χ1n) is 7.12. The lowest BCUT2D eigenvalue weighted by atomic mass is 10.2. The predicted molar refractivity (Wildman–Crippen MR) is 89.9 cm³/mol. The fourth-order valence-corrected chi connectivity index (χ4v) is 3.16. The summed E-state index contributed by atoms with van der Waals surface area (Å²) in [6.45, 7) is 4.94. The predicted octanol–water partition coefficient (Wildman–Crippen LogP) is 5.14. The van der Waals surface area contributed by atoms with E-state index in [-0.39, 0.29) is 0 Å². The van der Waals surface area contributed by atoms with E-state index in [9.17, 15) is 0 Å². The van der Waals surface area contributed by atoms with Crippen molar-refractivity contribution in [3.8, 4) is 5.75 Å². The molecule has 1 heterocycles. The van der Waals surface area contributed by atoms with Crippen molar-refractivity contribution in [2.75, 3.05) is 11.9 Å². The van der Waals surface area contributed by atoms with E-state index in [4.69, 9.17) is 4.74 Å². The highest BCUT2D eigenvalue weighted by Crippen LogP contribution is 2.33. The maximum absolute atomic E-state index is 5.73. The van der Waals surface area contributed by atoms with Crippen molar-refractivity contribution in [1.29, 1.82) is 0 Å². The molecule has 3 aromatic rings. The van der Waals surface area contributed by atoms with Gasteiger partial charge in [-0.3, -0.25) is 0 Å². The van der Waals surface area contributed by atoms with E-state index in [1.807, 2.05) is 30.3 Å². The fourth-order valence-electron chi connectivity index (χ4n) is 2.17. The minimum absolute atomic E-state index is 0.749. The Morgan fingerprint density at radius 2 is 2.00 bits per heavy atom. The number of aryl methyl sites for hydroxylation is 1. The molecule has 0 aliphatic carbocycles. The molecular weight excluding hydrogens is 280 g/mol. The summed E-state index contributed by atoms with van der Waals surface area (Å²) in [5, 5.41) is 4.26. The highest BCUT2D eigenvalue weighted by atomic mass is 32.1. The molecule has 0 spiro atoms. The largest absolute Gasteiger partial charge is 0.494 e. The first kappa shape index (κ1) is 13.9. The number of fused-ring (bicyclic) bond motifs is 1. The van der Waals surface area contributed by atoms with Crippen LogP contribution < -0.4 is 10.1 Å². The molecule has 0 atom stereocenters. The Hall–Kier alpha value is -2.07. The van der Waals surface area contributed by atoms with Crippen LogP contribution >= 0.6 is 11.3 Å². The van der Waals surface area contributed by atoms with E-state index in [1.54, 1.807) is 11.3 Å². The molecule has 0 saturated carbocycles. The van der Waals surface area contributed by atoms with Crippen LogP contribution in [-0.4, -0.2) is 11.6 Å². The van der Waals surface area contributed by atoms with Gasteiger partial charge >= 0.3 is 0 Å². The SMILES string of the molecule is CCCOc1cc(C)c2nc(Nc3ccccc3)sc2c1. The van der Waals surface area contributed by atoms with Crippen LogP contribution in [0.2, 0.25) is 0 Å². The van der Waals surface area contributed by atoms with E-state index in [0.717, 1.165) is 45.4 Å². The lowest BCUT2D eigenvalue weighted by Gasteiger charge is -2.05. The highest BCUT2D eigenvalue weighted by Gasteiger charge is 2.09. The summed E-state index contributed by atoms with van der Waals surface area (Å²) < 4.78 is 6.88. The second-order valence-electron chi connectivity index (χ2n) is 4.95. The molecular formula is C17H18N2OS. The first-order valence-corrected chi connectivity index (χ1v) is 7.94. The van der Waals surface area contributed by atoms with Gasteiger partial charge in [-0.15, -0.1) is 0 Å². The summed E-state index contributed by atoms with van der Waals surface area (Å²) in [6.07, 6.45) is 1.01. The third kappa shape index (κ3) is 3.16. The number of rotatable bonds is 5. The van der Waals surface area contributed by atoms with E-state index < -0.39 is 0 Å². The number of ether oxygens (including phenoxy) is 1. The average Bonchev–Trinajstić information content (AvgIpc) is 2.89. The molecule has 1 aromatic heterocycles. The Morgan fingerprint density at radius 3 is 2.76 bits per heavy atom. The van der Waals surface area contributed by atoms with Crippen molar-refractivity contribution in [2.24, 2.45) is 0 Å². The van der Waals surface area contributed by atoms with Crippen LogP contribution in [0.1, 0.15) is 18.9 Å². The molecule has 0 unspecified atom stereocenters. The van der Waals surface area contributed by atoms with Crippen LogP contribution in [0.15, 0.2) is 42.5 Å². The maximum atomic E-state index is 5.73. The Morgan fingerprint density at radius 1 is 1.19 bits per heavy atom. The number of aromatic nitrogens is 1. The van der Waals surface area contributed by atoms with Crippen molar-refractivity contribution >= 4 is 32.4 Å². The van der Waals surface area contributed by atoms with Crippen LogP contribution in [0, 0.1) is 6.92 Å². The van der Waals surface area contributed by atoms with Crippen molar-refractivity contribution in [2.45, 2.75) is 20.3 Å². The van der Waals surface area contributed by atoms with Crippen LogP contribution in [0.25, 0.3) is 10.2 Å².